The van der Waals surface area contributed by atoms with Crippen LogP contribution in [0.2, 0.25) is 0 Å². The molecule has 2 N–H and O–H groups in total. The van der Waals surface area contributed by atoms with Crippen LogP contribution in [0.4, 0.5) is 0 Å². The van der Waals surface area contributed by atoms with Crippen molar-refractivity contribution in [3.63, 3.8) is 0 Å². The van der Waals surface area contributed by atoms with Gasteiger partial charge in [-0.25, -0.2) is 4.68 Å². The first-order valence-corrected chi connectivity index (χ1v) is 16.7. The maximum absolute atomic E-state index is 14.9. The first kappa shape index (κ1) is 32.2. The molecule has 13 nitrogen and oxygen atoms in total. The zero-order chi connectivity index (χ0) is 33.6. The lowest BCUT2D eigenvalue weighted by Crippen LogP contribution is -2.58. The summed E-state index contributed by atoms with van der Waals surface area (Å²) in [6.45, 7) is 1.26. The predicted octanol–water partition coefficient (Wildman–Crippen LogP) is 2.22. The van der Waals surface area contributed by atoms with Crippen molar-refractivity contribution in [2.45, 2.75) is 56.3 Å². The number of nitrogens with zero attached hydrogens (tertiary/aromatic N) is 5. The zero-order valence-corrected chi connectivity index (χ0v) is 27.7. The summed E-state index contributed by atoms with van der Waals surface area (Å²) in [6.07, 6.45) is 4.96. The second kappa shape index (κ2) is 12.9. The maximum atomic E-state index is 14.9. The fourth-order valence-corrected chi connectivity index (χ4v) is 8.05. The van der Waals surface area contributed by atoms with Crippen molar-refractivity contribution in [3.8, 4) is 0 Å². The van der Waals surface area contributed by atoms with E-state index >= 15 is 0 Å². The third-order valence-corrected chi connectivity index (χ3v) is 10.3. The molecule has 3 aromatic rings. The summed E-state index contributed by atoms with van der Waals surface area (Å²) in [5, 5.41) is 21.8. The topological polar surface area (TPSA) is 156 Å². The van der Waals surface area contributed by atoms with Gasteiger partial charge in [-0.3, -0.25) is 19.2 Å². The van der Waals surface area contributed by atoms with Crippen molar-refractivity contribution in [2.24, 2.45) is 11.8 Å². The Morgan fingerprint density at radius 3 is 2.62 bits per heavy atom. The molecule has 0 unspecified atom stereocenters. The van der Waals surface area contributed by atoms with Crippen LogP contribution in [0.25, 0.3) is 11.0 Å². The standard InChI is InChI=1S/C34H35BrN6O7/c1-20(17-42)41-30-33(46)39(19-40-25-13-8-7-12-23(25)37-38-40)15-9-3-6-14-26(43)47-18-24(21-10-4-2-5-11-21)36-31(44)27-28(32(41)45)34(30)16-22(35)29(27)48-34/h2-5,7-13,16,20,24,27-30,42H,6,14-15,17-19H2,1H3,(H,36,44)/b9-3-/t20-,24+,27+,28-,29+,30+,34-/m1/s1. The molecule has 5 bridgehead atoms. The lowest BCUT2D eigenvalue weighted by molar-refractivity contribution is -0.151. The summed E-state index contributed by atoms with van der Waals surface area (Å²) < 4.78 is 14.4. The molecule has 4 aliphatic rings. The molecule has 2 saturated heterocycles. The second-order valence-corrected chi connectivity index (χ2v) is 13.5. The molecule has 4 aliphatic heterocycles. The van der Waals surface area contributed by atoms with E-state index in [2.05, 4.69) is 31.6 Å². The minimum Gasteiger partial charge on any atom is -0.463 e. The van der Waals surface area contributed by atoms with Crippen LogP contribution in [-0.2, 0) is 35.3 Å². The molecule has 1 spiro atoms. The number of hydrogen-bond donors (Lipinski definition) is 2. The molecular formula is C34H35BrN6O7. The Balaban J connectivity index is 1.31. The molecule has 0 radical (unpaired) electrons. The number of fused-ring (bicyclic) bond motifs is 3. The number of amides is 3. The average Bonchev–Trinajstić information content (AvgIpc) is 3.82. The number of halogens is 1. The number of aliphatic hydroxyl groups is 1. The van der Waals surface area contributed by atoms with Gasteiger partial charge in [0.1, 0.15) is 36.5 Å². The number of nitrogens with one attached hydrogen (secondary N) is 1. The van der Waals surface area contributed by atoms with Gasteiger partial charge in [-0.15, -0.1) is 5.10 Å². The number of allylic oxidation sites excluding steroid dienone is 1. The van der Waals surface area contributed by atoms with Gasteiger partial charge in [-0.2, -0.15) is 0 Å². The van der Waals surface area contributed by atoms with Crippen molar-refractivity contribution in [1.29, 1.82) is 0 Å². The third kappa shape index (κ3) is 5.41. The Kier molecular flexibility index (Phi) is 8.64. The molecule has 5 heterocycles. The first-order valence-electron chi connectivity index (χ1n) is 16.0. The largest absolute Gasteiger partial charge is 0.463 e. The van der Waals surface area contributed by atoms with Gasteiger partial charge in [0.25, 0.3) is 5.91 Å². The van der Waals surface area contributed by atoms with E-state index in [1.54, 1.807) is 29.8 Å². The van der Waals surface area contributed by atoms with Gasteiger partial charge in [0.2, 0.25) is 11.8 Å². The van der Waals surface area contributed by atoms with Gasteiger partial charge in [-0.05, 0) is 37.1 Å². The highest BCUT2D eigenvalue weighted by atomic mass is 79.9. The number of hydrogen-bond acceptors (Lipinski definition) is 9. The van der Waals surface area contributed by atoms with E-state index in [9.17, 15) is 24.3 Å². The Bertz CT molecular complexity index is 1810. The number of esters is 1. The highest BCUT2D eigenvalue weighted by Crippen LogP contribution is 2.59. The van der Waals surface area contributed by atoms with E-state index in [0.29, 0.717) is 21.9 Å². The van der Waals surface area contributed by atoms with Crippen LogP contribution >= 0.6 is 15.9 Å². The van der Waals surface area contributed by atoms with Gasteiger partial charge in [0.15, 0.2) is 0 Å². The first-order chi connectivity index (χ1) is 23.2. The summed E-state index contributed by atoms with van der Waals surface area (Å²) in [5.41, 5.74) is 0.604. The SMILES string of the molecule is C[C@H](CO)N1C(=O)[C@H]2[C@@H]3C(=O)N[C@H](c4ccccc4)COC(=O)CC/C=C\CN(Cn4nnc5ccccc54)C(=O)[C@H]1[C@@]21C=C(Br)[C@@H]3O1. The highest BCUT2D eigenvalue weighted by molar-refractivity contribution is 9.11. The quantitative estimate of drug-likeness (QED) is 0.298. The van der Waals surface area contributed by atoms with Crippen LogP contribution in [0.5, 0.6) is 0 Å². The lowest BCUT2D eigenvalue weighted by Gasteiger charge is -2.37. The molecule has 48 heavy (non-hydrogen) atoms. The van der Waals surface area contributed by atoms with E-state index in [1.807, 2.05) is 54.6 Å². The molecule has 250 valence electrons. The van der Waals surface area contributed by atoms with Gasteiger partial charge in [0, 0.05) is 17.4 Å². The Labute approximate surface area is 284 Å². The zero-order valence-electron chi connectivity index (χ0n) is 26.1. The fourth-order valence-electron chi connectivity index (χ4n) is 7.31. The van der Waals surface area contributed by atoms with Crippen molar-refractivity contribution in [2.75, 3.05) is 19.8 Å². The number of likely N-dealkylation sites (tertiary alicyclic amines) is 1. The monoisotopic (exact) mass is 718 g/mol. The summed E-state index contributed by atoms with van der Waals surface area (Å²) in [5.74, 6) is -3.87. The van der Waals surface area contributed by atoms with Crippen LogP contribution in [-0.4, -0.2) is 97.1 Å². The Morgan fingerprint density at radius 2 is 1.83 bits per heavy atom. The van der Waals surface area contributed by atoms with E-state index in [4.69, 9.17) is 9.47 Å². The summed E-state index contributed by atoms with van der Waals surface area (Å²) in [4.78, 5) is 59.2. The molecule has 3 amide bonds. The predicted molar refractivity (Wildman–Crippen MR) is 175 cm³/mol. The van der Waals surface area contributed by atoms with Crippen LogP contribution in [0.1, 0.15) is 31.4 Å². The highest BCUT2D eigenvalue weighted by Gasteiger charge is 2.75. The fraction of sp³-hybridized carbons (Fsp3) is 0.412. The van der Waals surface area contributed by atoms with Crippen LogP contribution in [0.15, 0.2) is 77.3 Å². The van der Waals surface area contributed by atoms with Gasteiger partial charge < -0.3 is 29.7 Å². The van der Waals surface area contributed by atoms with E-state index in [0.717, 1.165) is 5.56 Å². The summed E-state index contributed by atoms with van der Waals surface area (Å²) >= 11 is 3.58. The number of cyclic esters (lactones) is 1. The van der Waals surface area contributed by atoms with Crippen molar-refractivity contribution in [1.82, 2.24) is 30.1 Å². The lowest BCUT2D eigenvalue weighted by atomic mass is 9.74. The van der Waals surface area contributed by atoms with E-state index in [1.165, 1.54) is 9.80 Å². The smallest absolute Gasteiger partial charge is 0.306 e. The minimum absolute atomic E-state index is 0.00447. The van der Waals surface area contributed by atoms with Crippen molar-refractivity contribution >= 4 is 50.7 Å². The minimum atomic E-state index is -1.49. The number of aliphatic hydroxyl groups excluding tert-OH is 1. The Morgan fingerprint density at radius 1 is 1.06 bits per heavy atom. The van der Waals surface area contributed by atoms with E-state index < -0.39 is 72.0 Å². The van der Waals surface area contributed by atoms with E-state index in [-0.39, 0.29) is 26.2 Å². The van der Waals surface area contributed by atoms with Crippen LogP contribution in [0.3, 0.4) is 0 Å². The van der Waals surface area contributed by atoms with Gasteiger partial charge in [-0.1, -0.05) is 75.8 Å². The van der Waals surface area contributed by atoms with Crippen LogP contribution < -0.4 is 5.32 Å². The summed E-state index contributed by atoms with van der Waals surface area (Å²) in [7, 11) is 0. The van der Waals surface area contributed by atoms with Crippen molar-refractivity contribution < 1.29 is 33.8 Å². The Hall–Kier alpha value is -4.40. The number of ether oxygens (including phenoxy) is 2. The third-order valence-electron chi connectivity index (χ3n) is 9.61. The molecule has 2 fully saturated rings. The number of benzene rings is 2. The number of para-hydroxylation sites is 1. The normalized spacial score (nSPS) is 30.6. The van der Waals surface area contributed by atoms with Gasteiger partial charge >= 0.3 is 5.97 Å². The summed E-state index contributed by atoms with van der Waals surface area (Å²) in [6, 6.07) is 13.9. The molecule has 14 heteroatoms. The molecule has 7 atom stereocenters. The molecule has 1 aromatic heterocycles. The number of aromatic nitrogens is 3. The second-order valence-electron chi connectivity index (χ2n) is 12.5. The number of rotatable bonds is 5. The van der Waals surface area contributed by atoms with Crippen LogP contribution in [0, 0.1) is 11.8 Å². The van der Waals surface area contributed by atoms with Crippen molar-refractivity contribution in [3.05, 3.63) is 82.9 Å². The molecule has 0 aliphatic carbocycles. The number of carbonyl (C=O) groups excluding carboxylic acids is 4. The average molecular weight is 720 g/mol. The molecule has 2 aromatic carbocycles. The number of carbonyl (C=O) groups is 4. The van der Waals surface area contributed by atoms with Gasteiger partial charge in [0.05, 0.1) is 36.0 Å². The molecular weight excluding hydrogens is 684 g/mol. The maximum Gasteiger partial charge on any atom is 0.306 e. The molecule has 0 saturated carbocycles. The molecule has 7 rings (SSSR count).